The third-order valence-electron chi connectivity index (χ3n) is 3.44. The van der Waals surface area contributed by atoms with Crippen LogP contribution in [0.15, 0.2) is 24.3 Å². The first-order valence-electron chi connectivity index (χ1n) is 5.40. The molecule has 1 aliphatic carbocycles. The Kier molecular flexibility index (Phi) is 1.69. The van der Waals surface area contributed by atoms with Gasteiger partial charge in [-0.15, -0.1) is 0 Å². The summed E-state index contributed by atoms with van der Waals surface area (Å²) < 4.78 is 0. The van der Waals surface area contributed by atoms with Gasteiger partial charge in [0.1, 0.15) is 5.75 Å². The second kappa shape index (κ2) is 2.91. The van der Waals surface area contributed by atoms with Crippen molar-refractivity contribution >= 4 is 5.69 Å². The zero-order chi connectivity index (χ0) is 9.54. The van der Waals surface area contributed by atoms with E-state index in [1.807, 2.05) is 12.1 Å². The first-order chi connectivity index (χ1) is 6.84. The summed E-state index contributed by atoms with van der Waals surface area (Å²) in [6.07, 6.45) is 4.11. The number of hydrogen-bond acceptors (Lipinski definition) is 2. The van der Waals surface area contributed by atoms with Crippen molar-refractivity contribution < 1.29 is 5.11 Å². The van der Waals surface area contributed by atoms with E-state index in [-0.39, 0.29) is 0 Å². The maximum Gasteiger partial charge on any atom is 0.115 e. The van der Waals surface area contributed by atoms with Gasteiger partial charge >= 0.3 is 0 Å². The van der Waals surface area contributed by atoms with Gasteiger partial charge in [-0.1, -0.05) is 0 Å². The van der Waals surface area contributed by atoms with Gasteiger partial charge in [0.15, 0.2) is 0 Å². The van der Waals surface area contributed by atoms with Crippen LogP contribution in [0.2, 0.25) is 0 Å². The lowest BCUT2D eigenvalue weighted by Gasteiger charge is -2.28. The van der Waals surface area contributed by atoms with Crippen LogP contribution in [0.3, 0.4) is 0 Å². The van der Waals surface area contributed by atoms with Crippen LogP contribution in [0.1, 0.15) is 19.3 Å². The average molecular weight is 189 g/mol. The molecule has 1 heterocycles. The zero-order valence-corrected chi connectivity index (χ0v) is 8.19. The molecule has 2 unspecified atom stereocenters. The Morgan fingerprint density at radius 2 is 2.00 bits per heavy atom. The summed E-state index contributed by atoms with van der Waals surface area (Å²) >= 11 is 0. The van der Waals surface area contributed by atoms with Gasteiger partial charge < -0.3 is 10.0 Å². The molecule has 2 nitrogen and oxygen atoms in total. The van der Waals surface area contributed by atoms with Crippen LogP contribution in [0.5, 0.6) is 5.75 Å². The fourth-order valence-corrected chi connectivity index (χ4v) is 2.58. The molecule has 2 heteroatoms. The third kappa shape index (κ3) is 1.26. The van der Waals surface area contributed by atoms with E-state index in [9.17, 15) is 5.11 Å². The van der Waals surface area contributed by atoms with Crippen molar-refractivity contribution in [1.29, 1.82) is 0 Å². The first kappa shape index (κ1) is 8.16. The van der Waals surface area contributed by atoms with Crippen molar-refractivity contribution in [2.24, 2.45) is 5.92 Å². The molecule has 1 aliphatic heterocycles. The third-order valence-corrected chi connectivity index (χ3v) is 3.44. The van der Waals surface area contributed by atoms with Gasteiger partial charge in [-0.2, -0.15) is 0 Å². The van der Waals surface area contributed by atoms with E-state index in [0.29, 0.717) is 5.75 Å². The van der Waals surface area contributed by atoms with E-state index in [1.54, 1.807) is 12.1 Å². The van der Waals surface area contributed by atoms with E-state index in [4.69, 9.17) is 0 Å². The molecular formula is C12H15NO. The molecule has 2 atom stereocenters. The molecule has 3 rings (SSSR count). The highest BCUT2D eigenvalue weighted by molar-refractivity contribution is 5.51. The van der Waals surface area contributed by atoms with Crippen LogP contribution in [0.25, 0.3) is 0 Å². The van der Waals surface area contributed by atoms with E-state index in [2.05, 4.69) is 4.90 Å². The molecule has 0 aromatic heterocycles. The largest absolute Gasteiger partial charge is 0.508 e. The van der Waals surface area contributed by atoms with Gasteiger partial charge in [-0.3, -0.25) is 0 Å². The van der Waals surface area contributed by atoms with E-state index in [1.165, 1.54) is 31.5 Å². The predicted octanol–water partition coefficient (Wildman–Crippen LogP) is 2.38. The van der Waals surface area contributed by atoms with Crippen LogP contribution in [-0.4, -0.2) is 17.7 Å². The Bertz CT molecular complexity index is 333. The molecule has 0 amide bonds. The van der Waals surface area contributed by atoms with E-state index >= 15 is 0 Å². The number of piperidine rings is 1. The monoisotopic (exact) mass is 189 g/mol. The fraction of sp³-hybridized carbons (Fsp3) is 0.500. The molecule has 14 heavy (non-hydrogen) atoms. The number of aromatic hydroxyl groups is 1. The Balaban J connectivity index is 1.84. The number of phenols is 1. The Labute approximate surface area is 84.2 Å². The quantitative estimate of drug-likeness (QED) is 0.733. The van der Waals surface area contributed by atoms with Gasteiger partial charge in [0.25, 0.3) is 0 Å². The molecule has 2 aliphatic rings. The van der Waals surface area contributed by atoms with Crippen molar-refractivity contribution in [3.05, 3.63) is 24.3 Å². The van der Waals surface area contributed by atoms with Gasteiger partial charge in [0.05, 0.1) is 0 Å². The Morgan fingerprint density at radius 1 is 1.21 bits per heavy atom. The zero-order valence-electron chi connectivity index (χ0n) is 8.19. The number of rotatable bonds is 1. The number of phenolic OH excluding ortho intramolecular Hbond substituents is 1. The highest BCUT2D eigenvalue weighted by atomic mass is 16.3. The first-order valence-corrected chi connectivity index (χ1v) is 5.40. The molecule has 1 N–H and O–H groups in total. The molecule has 0 radical (unpaired) electrons. The number of hydrogen-bond donors (Lipinski definition) is 1. The van der Waals surface area contributed by atoms with Gasteiger partial charge in [0, 0.05) is 18.3 Å². The van der Waals surface area contributed by atoms with Crippen molar-refractivity contribution in [3.8, 4) is 5.75 Å². The Hall–Kier alpha value is -1.18. The minimum Gasteiger partial charge on any atom is -0.508 e. The summed E-state index contributed by atoms with van der Waals surface area (Å²) in [6, 6.07) is 8.41. The Morgan fingerprint density at radius 3 is 2.79 bits per heavy atom. The van der Waals surface area contributed by atoms with Crippen molar-refractivity contribution in [3.63, 3.8) is 0 Å². The minimum atomic E-state index is 0.359. The lowest BCUT2D eigenvalue weighted by Crippen LogP contribution is -2.31. The summed E-state index contributed by atoms with van der Waals surface area (Å²) in [4.78, 5) is 2.49. The van der Waals surface area contributed by atoms with Gasteiger partial charge in [-0.05, 0) is 49.4 Å². The molecular weight excluding hydrogens is 174 g/mol. The van der Waals surface area contributed by atoms with Crippen LogP contribution < -0.4 is 4.90 Å². The second-order valence-electron chi connectivity index (χ2n) is 4.42. The molecule has 0 spiro atoms. The summed E-state index contributed by atoms with van der Waals surface area (Å²) in [6.45, 7) is 1.19. The maximum absolute atomic E-state index is 9.21. The summed E-state index contributed by atoms with van der Waals surface area (Å²) in [5.74, 6) is 1.32. The SMILES string of the molecule is Oc1ccc(N2CCCC3CC32)cc1. The van der Waals surface area contributed by atoms with Crippen LogP contribution in [-0.2, 0) is 0 Å². The van der Waals surface area contributed by atoms with Gasteiger partial charge in [0.2, 0.25) is 0 Å². The summed E-state index contributed by atoms with van der Waals surface area (Å²) in [7, 11) is 0. The van der Waals surface area contributed by atoms with Crippen molar-refractivity contribution in [2.75, 3.05) is 11.4 Å². The molecule has 74 valence electrons. The normalized spacial score (nSPS) is 29.9. The lowest BCUT2D eigenvalue weighted by molar-refractivity contribution is 0.475. The molecule has 0 bridgehead atoms. The number of fused-ring (bicyclic) bond motifs is 1. The standard InChI is InChI=1S/C12H15NO/c14-11-5-3-10(4-6-11)13-7-1-2-9-8-12(9)13/h3-6,9,12,14H,1-2,7-8H2. The molecule has 2 fully saturated rings. The maximum atomic E-state index is 9.21. The molecule has 1 saturated carbocycles. The van der Waals surface area contributed by atoms with Crippen molar-refractivity contribution in [1.82, 2.24) is 0 Å². The topological polar surface area (TPSA) is 23.5 Å². The summed E-state index contributed by atoms with van der Waals surface area (Å²) in [5, 5.41) is 9.21. The smallest absolute Gasteiger partial charge is 0.115 e. The van der Waals surface area contributed by atoms with Crippen LogP contribution in [0, 0.1) is 5.92 Å². The number of nitrogens with zero attached hydrogens (tertiary/aromatic N) is 1. The number of anilines is 1. The van der Waals surface area contributed by atoms with Crippen molar-refractivity contribution in [2.45, 2.75) is 25.3 Å². The number of benzene rings is 1. The molecule has 1 aromatic carbocycles. The lowest BCUT2D eigenvalue weighted by atomic mass is 10.1. The average Bonchev–Trinajstić information content (AvgIpc) is 2.97. The predicted molar refractivity (Wildman–Crippen MR) is 56.6 cm³/mol. The second-order valence-corrected chi connectivity index (χ2v) is 4.42. The fourth-order valence-electron chi connectivity index (χ4n) is 2.58. The molecule has 1 aromatic rings. The van der Waals surface area contributed by atoms with Gasteiger partial charge in [-0.25, -0.2) is 0 Å². The van der Waals surface area contributed by atoms with Crippen LogP contribution >= 0.6 is 0 Å². The molecule has 1 saturated heterocycles. The highest BCUT2D eigenvalue weighted by Crippen LogP contribution is 2.44. The summed E-state index contributed by atoms with van der Waals surface area (Å²) in [5.41, 5.74) is 1.27. The highest BCUT2D eigenvalue weighted by Gasteiger charge is 2.43. The van der Waals surface area contributed by atoms with E-state index < -0.39 is 0 Å². The van der Waals surface area contributed by atoms with Crippen LogP contribution in [0.4, 0.5) is 5.69 Å². The van der Waals surface area contributed by atoms with E-state index in [0.717, 1.165) is 12.0 Å². The minimum absolute atomic E-state index is 0.359.